The third-order valence-corrected chi connectivity index (χ3v) is 5.72. The van der Waals surface area contributed by atoms with E-state index < -0.39 is 23.3 Å². The fourth-order valence-electron chi connectivity index (χ4n) is 4.01. The van der Waals surface area contributed by atoms with Crippen LogP contribution in [0.1, 0.15) is 60.1 Å². The van der Waals surface area contributed by atoms with E-state index in [9.17, 15) is 22.4 Å². The Morgan fingerprint density at radius 2 is 1.58 bits per heavy atom. The summed E-state index contributed by atoms with van der Waals surface area (Å²) in [7, 11) is 0. The Bertz CT molecular complexity index is 1430. The van der Waals surface area contributed by atoms with Crippen molar-refractivity contribution in [1.82, 2.24) is 9.78 Å². The highest BCUT2D eigenvalue weighted by molar-refractivity contribution is 6.00. The lowest BCUT2D eigenvalue weighted by atomic mass is 9.75. The second-order valence-corrected chi connectivity index (χ2v) is 8.89. The molecule has 186 valence electrons. The molecule has 3 N–H and O–H groups in total. The molecule has 0 amide bonds. The van der Waals surface area contributed by atoms with Gasteiger partial charge in [0.25, 0.3) is 0 Å². The maximum absolute atomic E-state index is 14.4. The van der Waals surface area contributed by atoms with Gasteiger partial charge in [0.05, 0.1) is 33.8 Å². The van der Waals surface area contributed by atoms with E-state index in [0.29, 0.717) is 36.2 Å². The molecule has 2 aromatic carbocycles. The third-order valence-electron chi connectivity index (χ3n) is 5.72. The number of rotatable bonds is 3. The van der Waals surface area contributed by atoms with Crippen molar-refractivity contribution in [2.45, 2.75) is 40.0 Å². The lowest BCUT2D eigenvalue weighted by Crippen LogP contribution is -2.28. The number of carbonyl (C=O) groups excluding carboxylic acids is 1. The number of benzene rings is 2. The standard InChI is InChI=1S/C18H17F2N3O.C7H5F2N3/c1-4-11-15-13(7-18(2,3)8-14(15)24)23(22-11)12-6-5-10(9-21)16(19)17(12)20;8-6-4(3-10)1-2-5(12-11)7(6)9/h5-6H,4,7-8H2,1-3H3;1-2,12H,11H2. The van der Waals surface area contributed by atoms with Crippen molar-refractivity contribution in [3.05, 3.63) is 75.6 Å². The molecule has 0 bridgehead atoms. The molecule has 0 atom stereocenters. The molecule has 0 saturated heterocycles. The fourth-order valence-corrected chi connectivity index (χ4v) is 4.01. The molecular weight excluding hydrogens is 476 g/mol. The van der Waals surface area contributed by atoms with E-state index in [1.807, 2.05) is 26.2 Å². The van der Waals surface area contributed by atoms with Gasteiger partial charge < -0.3 is 5.43 Å². The summed E-state index contributed by atoms with van der Waals surface area (Å²) in [6, 6.07) is 8.01. The first-order valence-corrected chi connectivity index (χ1v) is 10.9. The Kier molecular flexibility index (Phi) is 7.46. The van der Waals surface area contributed by atoms with Crippen molar-refractivity contribution in [2.75, 3.05) is 5.43 Å². The molecule has 4 rings (SSSR count). The van der Waals surface area contributed by atoms with Gasteiger partial charge in [0.1, 0.15) is 17.8 Å². The van der Waals surface area contributed by atoms with Crippen LogP contribution in [0.5, 0.6) is 0 Å². The minimum atomic E-state index is -1.20. The Morgan fingerprint density at radius 1 is 1.00 bits per heavy atom. The first-order valence-electron chi connectivity index (χ1n) is 10.9. The largest absolute Gasteiger partial charge is 0.321 e. The monoisotopic (exact) mass is 498 g/mol. The van der Waals surface area contributed by atoms with E-state index >= 15 is 0 Å². The number of aromatic nitrogens is 2. The van der Waals surface area contributed by atoms with Gasteiger partial charge in [-0.25, -0.2) is 22.2 Å². The molecule has 0 aliphatic heterocycles. The molecule has 7 nitrogen and oxygen atoms in total. The van der Waals surface area contributed by atoms with Crippen molar-refractivity contribution in [3.8, 4) is 17.8 Å². The first kappa shape index (κ1) is 26.4. The lowest BCUT2D eigenvalue weighted by Gasteiger charge is -2.29. The van der Waals surface area contributed by atoms with Gasteiger partial charge in [-0.15, -0.1) is 0 Å². The number of aryl methyl sites for hydroxylation is 1. The van der Waals surface area contributed by atoms with Crippen LogP contribution in [0.3, 0.4) is 0 Å². The number of nitrogens with zero attached hydrogens (tertiary/aromatic N) is 4. The van der Waals surface area contributed by atoms with Crippen LogP contribution in [0.4, 0.5) is 23.2 Å². The zero-order chi connectivity index (χ0) is 26.8. The Morgan fingerprint density at radius 3 is 2.14 bits per heavy atom. The molecule has 0 spiro atoms. The van der Waals surface area contributed by atoms with E-state index in [1.165, 1.54) is 29.0 Å². The summed E-state index contributed by atoms with van der Waals surface area (Å²) in [6.45, 7) is 5.80. The predicted octanol–water partition coefficient (Wildman–Crippen LogP) is 4.86. The van der Waals surface area contributed by atoms with E-state index in [1.54, 1.807) is 6.07 Å². The molecule has 0 unspecified atom stereocenters. The Hall–Kier alpha value is -4.22. The number of nitrogens with one attached hydrogen (secondary N) is 1. The maximum Gasteiger partial charge on any atom is 0.185 e. The molecule has 36 heavy (non-hydrogen) atoms. The first-order chi connectivity index (χ1) is 17.0. The van der Waals surface area contributed by atoms with Gasteiger partial charge in [-0.2, -0.15) is 15.6 Å². The van der Waals surface area contributed by atoms with E-state index in [0.717, 1.165) is 6.07 Å². The SMILES string of the molecule is CCc1nn(-c2ccc(C#N)c(F)c2F)c2c1C(=O)CC(C)(C)C2.N#Cc1ccc(NN)c(F)c1F. The summed E-state index contributed by atoms with van der Waals surface area (Å²) in [5.41, 5.74) is 2.47. The van der Waals surface area contributed by atoms with Gasteiger partial charge in [0.2, 0.25) is 0 Å². The van der Waals surface area contributed by atoms with E-state index in [2.05, 4.69) is 5.10 Å². The van der Waals surface area contributed by atoms with Crippen LogP contribution in [-0.4, -0.2) is 15.6 Å². The highest BCUT2D eigenvalue weighted by atomic mass is 19.2. The Labute approximate surface area is 204 Å². The van der Waals surface area contributed by atoms with Gasteiger partial charge in [0, 0.05) is 6.42 Å². The Balaban J connectivity index is 0.000000253. The summed E-state index contributed by atoms with van der Waals surface area (Å²) >= 11 is 0. The number of Topliss-reactive ketones (excluding diaryl/α,β-unsaturated/α-hetero) is 1. The molecule has 0 saturated carbocycles. The van der Waals surface area contributed by atoms with Crippen LogP contribution in [0, 0.1) is 51.3 Å². The number of hydrogen-bond acceptors (Lipinski definition) is 6. The lowest BCUT2D eigenvalue weighted by molar-refractivity contribution is 0.0910. The summed E-state index contributed by atoms with van der Waals surface area (Å²) in [4.78, 5) is 12.5. The molecule has 1 aliphatic rings. The number of nitrogens with two attached hydrogens (primary N) is 1. The van der Waals surface area contributed by atoms with Crippen LogP contribution in [0.25, 0.3) is 5.69 Å². The van der Waals surface area contributed by atoms with Crippen LogP contribution in [-0.2, 0) is 12.8 Å². The molecule has 3 aromatic rings. The molecule has 11 heteroatoms. The van der Waals surface area contributed by atoms with Crippen LogP contribution in [0.2, 0.25) is 0 Å². The van der Waals surface area contributed by atoms with Crippen molar-refractivity contribution in [1.29, 1.82) is 10.5 Å². The molecular formula is C25H22F4N6O. The number of nitriles is 2. The summed E-state index contributed by atoms with van der Waals surface area (Å²) in [5.74, 6) is 0.205. The number of hydrazine groups is 1. The number of hydrogen-bond donors (Lipinski definition) is 2. The summed E-state index contributed by atoms with van der Waals surface area (Å²) < 4.78 is 55.3. The zero-order valence-corrected chi connectivity index (χ0v) is 19.7. The molecule has 0 radical (unpaired) electrons. The summed E-state index contributed by atoms with van der Waals surface area (Å²) in [6.07, 6.45) is 1.48. The third kappa shape index (κ3) is 4.79. The minimum Gasteiger partial charge on any atom is -0.321 e. The van der Waals surface area contributed by atoms with Crippen molar-refractivity contribution >= 4 is 11.5 Å². The number of fused-ring (bicyclic) bond motifs is 1. The average molecular weight is 498 g/mol. The number of ketones is 1. The maximum atomic E-state index is 14.4. The minimum absolute atomic E-state index is 0.0149. The smallest absolute Gasteiger partial charge is 0.185 e. The zero-order valence-electron chi connectivity index (χ0n) is 19.7. The highest BCUT2D eigenvalue weighted by Crippen LogP contribution is 2.37. The molecule has 1 aliphatic carbocycles. The van der Waals surface area contributed by atoms with Gasteiger partial charge in [-0.3, -0.25) is 10.6 Å². The van der Waals surface area contributed by atoms with Crippen molar-refractivity contribution in [3.63, 3.8) is 0 Å². The van der Waals surface area contributed by atoms with Crippen molar-refractivity contribution < 1.29 is 22.4 Å². The van der Waals surface area contributed by atoms with Crippen LogP contribution in [0.15, 0.2) is 24.3 Å². The number of halogens is 4. The molecule has 0 fully saturated rings. The second kappa shape index (κ2) is 10.2. The quantitative estimate of drug-likeness (QED) is 0.302. The van der Waals surface area contributed by atoms with Gasteiger partial charge in [-0.05, 0) is 42.5 Å². The fraction of sp³-hybridized carbons (Fsp3) is 0.280. The average Bonchev–Trinajstić information content (AvgIpc) is 3.20. The number of anilines is 1. The van der Waals surface area contributed by atoms with E-state index in [4.69, 9.17) is 16.4 Å². The molecule has 1 aromatic heterocycles. The van der Waals surface area contributed by atoms with Crippen LogP contribution >= 0.6 is 0 Å². The number of nitrogen functional groups attached to an aromatic ring is 1. The van der Waals surface area contributed by atoms with Gasteiger partial charge >= 0.3 is 0 Å². The van der Waals surface area contributed by atoms with Crippen molar-refractivity contribution in [2.24, 2.45) is 11.3 Å². The van der Waals surface area contributed by atoms with Crippen LogP contribution < -0.4 is 11.3 Å². The molecule has 1 heterocycles. The second-order valence-electron chi connectivity index (χ2n) is 8.89. The topological polar surface area (TPSA) is 121 Å². The predicted molar refractivity (Wildman–Crippen MR) is 123 cm³/mol. The summed E-state index contributed by atoms with van der Waals surface area (Å²) in [5, 5.41) is 21.5. The number of carbonyl (C=O) groups is 1. The van der Waals surface area contributed by atoms with Gasteiger partial charge in [0.15, 0.2) is 29.1 Å². The highest BCUT2D eigenvalue weighted by Gasteiger charge is 2.36. The van der Waals surface area contributed by atoms with Gasteiger partial charge in [-0.1, -0.05) is 20.8 Å². The normalized spacial score (nSPS) is 13.7. The van der Waals surface area contributed by atoms with E-state index in [-0.39, 0.29) is 33.7 Å².